The fourth-order valence-electron chi connectivity index (χ4n) is 3.43. The molecule has 1 aliphatic heterocycles. The first kappa shape index (κ1) is 13.6. The van der Waals surface area contributed by atoms with Crippen molar-refractivity contribution in [1.82, 2.24) is 20.2 Å². The molecule has 6 heteroatoms. The molecule has 110 valence electrons. The normalized spacial score (nSPS) is 28.6. The number of nitrogens with zero attached hydrogens (tertiary/aromatic N) is 2. The second-order valence-corrected chi connectivity index (χ2v) is 5.80. The van der Waals surface area contributed by atoms with Gasteiger partial charge in [0, 0.05) is 25.5 Å². The molecule has 1 aromatic heterocycles. The average Bonchev–Trinajstić information content (AvgIpc) is 3.05. The molecule has 0 bridgehead atoms. The number of aromatic nitrogens is 2. The van der Waals surface area contributed by atoms with E-state index in [1.807, 2.05) is 17.8 Å². The summed E-state index contributed by atoms with van der Waals surface area (Å²) in [7, 11) is 1.91. The summed E-state index contributed by atoms with van der Waals surface area (Å²) >= 11 is 0. The van der Waals surface area contributed by atoms with Crippen molar-refractivity contribution in [3.8, 4) is 0 Å². The van der Waals surface area contributed by atoms with Crippen LogP contribution in [0.15, 0.2) is 12.4 Å². The third-order valence-corrected chi connectivity index (χ3v) is 4.52. The fraction of sp³-hybridized carbons (Fsp3) is 0.714. The van der Waals surface area contributed by atoms with Gasteiger partial charge in [0.25, 0.3) is 0 Å². The van der Waals surface area contributed by atoms with Crippen molar-refractivity contribution >= 4 is 5.91 Å². The van der Waals surface area contributed by atoms with Crippen LogP contribution in [0, 0.1) is 0 Å². The SMILES string of the molecule is Cn1ccnc1COCC(=O)NC12CCCC1NCC2. The minimum atomic E-state index is -0.0241. The molecule has 1 saturated heterocycles. The number of carbonyl (C=O) groups excluding carboxylic acids is 1. The van der Waals surface area contributed by atoms with Gasteiger partial charge in [-0.05, 0) is 32.2 Å². The minimum absolute atomic E-state index is 0.0187. The highest BCUT2D eigenvalue weighted by molar-refractivity contribution is 5.78. The molecule has 0 radical (unpaired) electrons. The maximum absolute atomic E-state index is 12.1. The summed E-state index contributed by atoms with van der Waals surface area (Å²) in [5, 5.41) is 6.68. The van der Waals surface area contributed by atoms with Crippen molar-refractivity contribution in [3.63, 3.8) is 0 Å². The van der Waals surface area contributed by atoms with Crippen LogP contribution in [-0.4, -0.2) is 40.2 Å². The smallest absolute Gasteiger partial charge is 0.246 e. The molecule has 1 aliphatic carbocycles. The summed E-state index contributed by atoms with van der Waals surface area (Å²) in [6, 6.07) is 0.445. The number of imidazole rings is 1. The standard InChI is InChI=1S/C14H22N4O2/c1-18-8-7-16-12(18)9-20-10-13(19)17-14-4-2-3-11(14)15-6-5-14/h7-8,11,15H,2-6,9-10H2,1H3,(H,17,19). The summed E-state index contributed by atoms with van der Waals surface area (Å²) in [4.78, 5) is 16.2. The zero-order chi connectivity index (χ0) is 14.0. The predicted octanol–water partition coefficient (Wildman–Crippen LogP) is 0.338. The van der Waals surface area contributed by atoms with Gasteiger partial charge in [0.1, 0.15) is 19.0 Å². The lowest BCUT2D eigenvalue weighted by molar-refractivity contribution is -0.128. The Hall–Kier alpha value is -1.40. The molecule has 20 heavy (non-hydrogen) atoms. The quantitative estimate of drug-likeness (QED) is 0.815. The van der Waals surface area contributed by atoms with E-state index in [1.54, 1.807) is 6.20 Å². The highest BCUT2D eigenvalue weighted by Gasteiger charge is 2.46. The van der Waals surface area contributed by atoms with Gasteiger partial charge in [-0.2, -0.15) is 0 Å². The van der Waals surface area contributed by atoms with E-state index >= 15 is 0 Å². The molecule has 3 rings (SSSR count). The Morgan fingerprint density at radius 1 is 1.65 bits per heavy atom. The molecule has 0 spiro atoms. The number of hydrogen-bond acceptors (Lipinski definition) is 4. The van der Waals surface area contributed by atoms with Crippen LogP contribution in [0.5, 0.6) is 0 Å². The summed E-state index contributed by atoms with van der Waals surface area (Å²) in [5.74, 6) is 0.812. The maximum atomic E-state index is 12.1. The van der Waals surface area contributed by atoms with Crippen LogP contribution in [0.2, 0.25) is 0 Å². The van der Waals surface area contributed by atoms with Gasteiger partial charge in [-0.25, -0.2) is 4.98 Å². The maximum Gasteiger partial charge on any atom is 0.246 e. The van der Waals surface area contributed by atoms with Crippen molar-refractivity contribution in [2.75, 3.05) is 13.2 Å². The Balaban J connectivity index is 1.47. The van der Waals surface area contributed by atoms with Gasteiger partial charge >= 0.3 is 0 Å². The van der Waals surface area contributed by atoms with E-state index in [2.05, 4.69) is 15.6 Å². The Labute approximate surface area is 118 Å². The number of fused-ring (bicyclic) bond motifs is 1. The molecule has 2 atom stereocenters. The van der Waals surface area contributed by atoms with Crippen LogP contribution in [-0.2, 0) is 23.2 Å². The molecule has 1 amide bonds. The van der Waals surface area contributed by atoms with E-state index in [1.165, 1.54) is 6.42 Å². The van der Waals surface area contributed by atoms with Gasteiger partial charge in [-0.15, -0.1) is 0 Å². The number of amides is 1. The molecule has 2 fully saturated rings. The third-order valence-electron chi connectivity index (χ3n) is 4.52. The molecule has 2 aliphatic rings. The lowest BCUT2D eigenvalue weighted by atomic mass is 9.93. The zero-order valence-electron chi connectivity index (χ0n) is 11.9. The molecule has 2 unspecified atom stereocenters. The van der Waals surface area contributed by atoms with Gasteiger partial charge in [-0.1, -0.05) is 0 Å². The van der Waals surface area contributed by atoms with Crippen LogP contribution in [0.4, 0.5) is 0 Å². The lowest BCUT2D eigenvalue weighted by Gasteiger charge is -2.30. The number of ether oxygens (including phenoxy) is 1. The highest BCUT2D eigenvalue weighted by atomic mass is 16.5. The molecule has 0 aromatic carbocycles. The Kier molecular flexibility index (Phi) is 3.76. The van der Waals surface area contributed by atoms with Crippen LogP contribution in [0.3, 0.4) is 0 Å². The van der Waals surface area contributed by atoms with Gasteiger partial charge in [-0.3, -0.25) is 4.79 Å². The summed E-state index contributed by atoms with van der Waals surface area (Å²) in [6.45, 7) is 1.46. The van der Waals surface area contributed by atoms with Gasteiger partial charge in [0.05, 0.1) is 5.54 Å². The molecule has 6 nitrogen and oxygen atoms in total. The summed E-state index contributed by atoms with van der Waals surface area (Å²) in [5.41, 5.74) is -0.0241. The first-order chi connectivity index (χ1) is 9.70. The van der Waals surface area contributed by atoms with Crippen LogP contribution < -0.4 is 10.6 Å². The number of rotatable bonds is 5. The average molecular weight is 278 g/mol. The molecular weight excluding hydrogens is 256 g/mol. The van der Waals surface area contributed by atoms with E-state index in [-0.39, 0.29) is 18.1 Å². The molecular formula is C14H22N4O2. The fourth-order valence-corrected chi connectivity index (χ4v) is 3.43. The molecule has 2 N–H and O–H groups in total. The van der Waals surface area contributed by atoms with E-state index in [9.17, 15) is 4.79 Å². The van der Waals surface area contributed by atoms with Crippen molar-refractivity contribution in [1.29, 1.82) is 0 Å². The van der Waals surface area contributed by atoms with Crippen molar-refractivity contribution in [3.05, 3.63) is 18.2 Å². The number of carbonyl (C=O) groups is 1. The predicted molar refractivity (Wildman–Crippen MR) is 74.0 cm³/mol. The van der Waals surface area contributed by atoms with E-state index in [0.717, 1.165) is 31.6 Å². The number of hydrogen-bond donors (Lipinski definition) is 2. The largest absolute Gasteiger partial charge is 0.364 e. The molecule has 1 aromatic rings. The van der Waals surface area contributed by atoms with Crippen molar-refractivity contribution in [2.24, 2.45) is 7.05 Å². The minimum Gasteiger partial charge on any atom is -0.364 e. The molecule has 2 heterocycles. The topological polar surface area (TPSA) is 68.2 Å². The van der Waals surface area contributed by atoms with Crippen LogP contribution in [0.1, 0.15) is 31.5 Å². The van der Waals surface area contributed by atoms with E-state index < -0.39 is 0 Å². The second-order valence-electron chi connectivity index (χ2n) is 5.80. The van der Waals surface area contributed by atoms with Gasteiger partial charge in [0.2, 0.25) is 5.91 Å². The summed E-state index contributed by atoms with van der Waals surface area (Å²) in [6.07, 6.45) is 8.05. The Morgan fingerprint density at radius 3 is 3.35 bits per heavy atom. The highest BCUT2D eigenvalue weighted by Crippen LogP contribution is 2.36. The number of nitrogens with one attached hydrogen (secondary N) is 2. The third kappa shape index (κ3) is 2.58. The van der Waals surface area contributed by atoms with Crippen molar-refractivity contribution in [2.45, 2.75) is 43.9 Å². The van der Waals surface area contributed by atoms with E-state index in [4.69, 9.17) is 4.74 Å². The van der Waals surface area contributed by atoms with Gasteiger partial charge in [0.15, 0.2) is 0 Å². The second kappa shape index (κ2) is 5.54. The Bertz CT molecular complexity index is 475. The monoisotopic (exact) mass is 278 g/mol. The van der Waals surface area contributed by atoms with Crippen LogP contribution in [0.25, 0.3) is 0 Å². The Morgan fingerprint density at radius 2 is 2.55 bits per heavy atom. The van der Waals surface area contributed by atoms with Gasteiger partial charge < -0.3 is 19.9 Å². The number of aryl methyl sites for hydroxylation is 1. The lowest BCUT2D eigenvalue weighted by Crippen LogP contribution is -2.53. The molecule has 1 saturated carbocycles. The van der Waals surface area contributed by atoms with Crippen molar-refractivity contribution < 1.29 is 9.53 Å². The van der Waals surface area contributed by atoms with E-state index in [0.29, 0.717) is 12.6 Å². The zero-order valence-corrected chi connectivity index (χ0v) is 11.9. The summed E-state index contributed by atoms with van der Waals surface area (Å²) < 4.78 is 7.35. The first-order valence-electron chi connectivity index (χ1n) is 7.28. The van der Waals surface area contributed by atoms with Crippen LogP contribution >= 0.6 is 0 Å². The first-order valence-corrected chi connectivity index (χ1v) is 7.28.